The lowest BCUT2D eigenvalue weighted by Gasteiger charge is -2.32. The van der Waals surface area contributed by atoms with E-state index >= 15 is 0 Å². The number of thiocarbonyl (C=S) groups is 1. The first kappa shape index (κ1) is 24.9. The Morgan fingerprint density at radius 2 is 1.91 bits per heavy atom. The first-order valence-electron chi connectivity index (χ1n) is 12.4. The molecule has 0 saturated carbocycles. The number of pyridine rings is 1. The molecule has 2 aliphatic heterocycles. The fourth-order valence-electron chi connectivity index (χ4n) is 4.59. The van der Waals surface area contributed by atoms with E-state index < -0.39 is 0 Å². The predicted octanol–water partition coefficient (Wildman–Crippen LogP) is 5.41. The topological polar surface area (TPSA) is 57.9 Å². The maximum Gasteiger partial charge on any atom is 0.267 e. The van der Waals surface area contributed by atoms with Crippen LogP contribution in [0.5, 0.6) is 0 Å². The van der Waals surface area contributed by atoms with Crippen LogP contribution in [-0.2, 0) is 4.79 Å². The number of fused-ring (bicyclic) bond motifs is 1. The van der Waals surface area contributed by atoms with Gasteiger partial charge in [0.25, 0.3) is 11.5 Å². The number of amides is 1. The van der Waals surface area contributed by atoms with Crippen LogP contribution in [0.3, 0.4) is 0 Å². The molecule has 4 rings (SSSR count). The van der Waals surface area contributed by atoms with Gasteiger partial charge in [0.2, 0.25) is 0 Å². The summed E-state index contributed by atoms with van der Waals surface area (Å²) in [5, 5.41) is 0. The Labute approximate surface area is 211 Å². The molecule has 34 heavy (non-hydrogen) atoms. The van der Waals surface area contributed by atoms with Crippen LogP contribution in [0.15, 0.2) is 28.0 Å². The molecule has 0 radical (unpaired) electrons. The molecule has 1 amide bonds. The summed E-state index contributed by atoms with van der Waals surface area (Å²) < 4.78 is 2.16. The van der Waals surface area contributed by atoms with Crippen LogP contribution >= 0.6 is 24.0 Å². The number of aryl methyl sites for hydroxylation is 1. The molecule has 8 heteroatoms. The monoisotopic (exact) mass is 498 g/mol. The van der Waals surface area contributed by atoms with Crippen molar-refractivity contribution in [3.63, 3.8) is 0 Å². The Kier molecular flexibility index (Phi) is 8.09. The molecule has 6 nitrogen and oxygen atoms in total. The molecule has 2 fully saturated rings. The molecule has 4 heterocycles. The van der Waals surface area contributed by atoms with Crippen LogP contribution in [0.25, 0.3) is 11.7 Å². The number of carbonyl (C=O) groups excluding carboxylic acids is 1. The molecule has 0 unspecified atom stereocenters. The van der Waals surface area contributed by atoms with Crippen LogP contribution in [0.1, 0.15) is 69.9 Å². The molecule has 182 valence electrons. The molecule has 2 aliphatic rings. The Bertz CT molecular complexity index is 1170. The second kappa shape index (κ2) is 11.0. The minimum atomic E-state index is -0.146. The van der Waals surface area contributed by atoms with Crippen molar-refractivity contribution in [2.45, 2.75) is 65.7 Å². The second-order valence-electron chi connectivity index (χ2n) is 9.46. The zero-order valence-electron chi connectivity index (χ0n) is 20.4. The highest BCUT2D eigenvalue weighted by Gasteiger charge is 2.33. The van der Waals surface area contributed by atoms with Crippen LogP contribution in [0, 0.1) is 12.8 Å². The van der Waals surface area contributed by atoms with Gasteiger partial charge in [0.05, 0.1) is 10.5 Å². The van der Waals surface area contributed by atoms with Crippen molar-refractivity contribution in [1.82, 2.24) is 14.3 Å². The summed E-state index contributed by atoms with van der Waals surface area (Å²) >= 11 is 6.82. The summed E-state index contributed by atoms with van der Waals surface area (Å²) in [5.74, 6) is 1.24. The number of unbranched alkanes of at least 4 members (excludes halogenated alkanes) is 4. The third-order valence-corrected chi connectivity index (χ3v) is 8.16. The van der Waals surface area contributed by atoms with Gasteiger partial charge >= 0.3 is 0 Å². The highest BCUT2D eigenvalue weighted by Crippen LogP contribution is 2.34. The number of aromatic nitrogens is 2. The number of piperidine rings is 1. The molecule has 0 spiro atoms. The third-order valence-electron chi connectivity index (χ3n) is 6.78. The van der Waals surface area contributed by atoms with Gasteiger partial charge in [0, 0.05) is 25.8 Å². The van der Waals surface area contributed by atoms with E-state index in [1.54, 1.807) is 21.6 Å². The summed E-state index contributed by atoms with van der Waals surface area (Å²) in [7, 11) is 0. The normalized spacial score (nSPS) is 18.6. The molecule has 0 aromatic carbocycles. The zero-order chi connectivity index (χ0) is 24.2. The summed E-state index contributed by atoms with van der Waals surface area (Å²) in [6, 6.07) is 3.82. The molecule has 2 aromatic heterocycles. The molecular formula is C26H34N4O2S2. The molecule has 0 aliphatic carbocycles. The summed E-state index contributed by atoms with van der Waals surface area (Å²) in [6.07, 6.45) is 11.2. The third kappa shape index (κ3) is 5.23. The fourth-order valence-corrected chi connectivity index (χ4v) is 5.88. The van der Waals surface area contributed by atoms with Crippen LogP contribution < -0.4 is 10.5 Å². The average molecular weight is 499 g/mol. The summed E-state index contributed by atoms with van der Waals surface area (Å²) in [5.41, 5.74) is 1.94. The van der Waals surface area contributed by atoms with E-state index in [0.29, 0.717) is 38.7 Å². The highest BCUT2D eigenvalue weighted by atomic mass is 32.2. The lowest BCUT2D eigenvalue weighted by atomic mass is 9.99. The van der Waals surface area contributed by atoms with Gasteiger partial charge in [-0.2, -0.15) is 0 Å². The smallest absolute Gasteiger partial charge is 0.267 e. The Hall–Kier alpha value is -2.19. The summed E-state index contributed by atoms with van der Waals surface area (Å²) in [6.45, 7) is 8.77. The van der Waals surface area contributed by atoms with Gasteiger partial charge in [-0.3, -0.25) is 18.9 Å². The van der Waals surface area contributed by atoms with Crippen LogP contribution in [0.2, 0.25) is 0 Å². The lowest BCUT2D eigenvalue weighted by Crippen LogP contribution is -2.36. The lowest BCUT2D eigenvalue weighted by molar-refractivity contribution is -0.122. The molecule has 0 bridgehead atoms. The van der Waals surface area contributed by atoms with E-state index in [-0.39, 0.29) is 11.5 Å². The van der Waals surface area contributed by atoms with E-state index in [1.807, 2.05) is 19.1 Å². The number of hydrogen-bond acceptors (Lipinski definition) is 6. The van der Waals surface area contributed by atoms with Gasteiger partial charge in [-0.15, -0.1) is 0 Å². The van der Waals surface area contributed by atoms with Crippen molar-refractivity contribution >= 4 is 51.7 Å². The molecule has 2 aromatic rings. The van der Waals surface area contributed by atoms with Crippen LogP contribution in [0.4, 0.5) is 5.82 Å². The largest absolute Gasteiger partial charge is 0.356 e. The fraction of sp³-hybridized carbons (Fsp3) is 0.538. The average Bonchev–Trinajstić information content (AvgIpc) is 3.09. The minimum Gasteiger partial charge on any atom is -0.356 e. The number of nitrogens with zero attached hydrogens (tertiary/aromatic N) is 4. The first-order valence-corrected chi connectivity index (χ1v) is 13.7. The quantitative estimate of drug-likeness (QED) is 0.276. The van der Waals surface area contributed by atoms with Gasteiger partial charge in [-0.25, -0.2) is 4.98 Å². The molecule has 0 N–H and O–H groups in total. The van der Waals surface area contributed by atoms with E-state index in [1.165, 1.54) is 31.0 Å². The highest BCUT2D eigenvalue weighted by molar-refractivity contribution is 8.26. The second-order valence-corrected chi connectivity index (χ2v) is 11.1. The Morgan fingerprint density at radius 3 is 2.65 bits per heavy atom. The molecular weight excluding hydrogens is 464 g/mol. The Balaban J connectivity index is 1.68. The maximum atomic E-state index is 13.6. The van der Waals surface area contributed by atoms with Gasteiger partial charge in [0.15, 0.2) is 0 Å². The maximum absolute atomic E-state index is 13.6. The predicted molar refractivity (Wildman–Crippen MR) is 145 cm³/mol. The van der Waals surface area contributed by atoms with Crippen molar-refractivity contribution < 1.29 is 4.79 Å². The van der Waals surface area contributed by atoms with E-state index in [9.17, 15) is 9.59 Å². The summed E-state index contributed by atoms with van der Waals surface area (Å²) in [4.78, 5) is 36.2. The van der Waals surface area contributed by atoms with Gasteiger partial charge in [0.1, 0.15) is 15.8 Å². The van der Waals surface area contributed by atoms with E-state index in [2.05, 4.69) is 18.7 Å². The first-order chi connectivity index (χ1) is 16.4. The Morgan fingerprint density at radius 1 is 1.18 bits per heavy atom. The number of anilines is 1. The molecule has 0 atom stereocenters. The van der Waals surface area contributed by atoms with Crippen molar-refractivity contribution in [2.24, 2.45) is 5.92 Å². The van der Waals surface area contributed by atoms with Crippen LogP contribution in [-0.4, -0.2) is 44.1 Å². The van der Waals surface area contributed by atoms with Crippen molar-refractivity contribution in [1.29, 1.82) is 0 Å². The zero-order valence-corrected chi connectivity index (χ0v) is 22.0. The number of thioether (sulfide) groups is 1. The number of hydrogen-bond donors (Lipinski definition) is 0. The van der Waals surface area contributed by atoms with Crippen molar-refractivity contribution in [3.8, 4) is 0 Å². The van der Waals surface area contributed by atoms with Crippen molar-refractivity contribution in [2.75, 3.05) is 24.5 Å². The van der Waals surface area contributed by atoms with Gasteiger partial charge in [-0.05, 0) is 49.8 Å². The number of rotatable bonds is 8. The molecule has 2 saturated heterocycles. The number of carbonyl (C=O) groups is 1. The van der Waals surface area contributed by atoms with Gasteiger partial charge in [-0.1, -0.05) is 69.6 Å². The van der Waals surface area contributed by atoms with Gasteiger partial charge < -0.3 is 4.90 Å². The SMILES string of the molecule is CCCCCCCN1C(=O)C(=Cc2c(N3CCC(C)CC3)nc3c(C)cccn3c2=O)SC1=S. The van der Waals surface area contributed by atoms with E-state index in [4.69, 9.17) is 17.2 Å². The standard InChI is InChI=1S/C26H34N4O2S2/c1-4-5-6-7-8-13-30-25(32)21(34-26(30)33)17-20-23(28-15-11-18(2)12-16-28)27-22-19(3)10-9-14-29(22)24(20)31/h9-10,14,17-18H,4-8,11-13,15-16H2,1-3H3. The van der Waals surface area contributed by atoms with Crippen molar-refractivity contribution in [3.05, 3.63) is 44.7 Å². The van der Waals surface area contributed by atoms with E-state index in [0.717, 1.165) is 44.3 Å². The minimum absolute atomic E-state index is 0.0996.